The molecular weight excluding hydrogens is 1030 g/mol. The normalized spacial score (nSPS) is 12.8. The first-order chi connectivity index (χ1) is 41.6. The predicted molar refractivity (Wildman–Crippen MR) is 371 cm³/mol. The minimum absolute atomic E-state index is 0.0660. The number of carbonyl (C=O) groups excluding carboxylic acids is 2. The molecule has 0 amide bonds. The Balaban J connectivity index is 3.42. The van der Waals surface area contributed by atoms with E-state index in [9.17, 15) is 14.7 Å². The Hall–Kier alpha value is -3.18. The molecule has 0 saturated carbocycles. The Bertz CT molecular complexity index is 1560. The quantitative estimate of drug-likeness (QED) is 0.0373. The minimum atomic E-state index is -0.778. The van der Waals surface area contributed by atoms with Crippen molar-refractivity contribution in [3.8, 4) is 0 Å². The van der Waals surface area contributed by atoms with E-state index in [-0.39, 0.29) is 25.2 Å². The largest absolute Gasteiger partial charge is 0.462 e. The molecule has 0 aliphatic heterocycles. The third-order valence-electron chi connectivity index (χ3n) is 16.4. The molecule has 0 heterocycles. The fourth-order valence-corrected chi connectivity index (χ4v) is 10.9. The average molecular weight is 1170 g/mol. The van der Waals surface area contributed by atoms with Crippen molar-refractivity contribution in [2.24, 2.45) is 0 Å². The summed E-state index contributed by atoms with van der Waals surface area (Å²) in [6.45, 7) is 4.05. The van der Waals surface area contributed by atoms with Gasteiger partial charge in [0.1, 0.15) is 6.61 Å². The number of carbonyl (C=O) groups is 2. The molecule has 5 nitrogen and oxygen atoms in total. The van der Waals surface area contributed by atoms with E-state index < -0.39 is 6.10 Å². The highest BCUT2D eigenvalue weighted by Gasteiger charge is 2.16. The summed E-state index contributed by atoms with van der Waals surface area (Å²) in [7, 11) is 0. The minimum Gasteiger partial charge on any atom is -0.462 e. The van der Waals surface area contributed by atoms with Crippen molar-refractivity contribution in [2.45, 2.75) is 380 Å². The fourth-order valence-electron chi connectivity index (χ4n) is 10.9. The van der Waals surface area contributed by atoms with E-state index in [4.69, 9.17) is 9.47 Å². The van der Waals surface area contributed by atoms with Crippen molar-refractivity contribution < 1.29 is 24.2 Å². The van der Waals surface area contributed by atoms with Crippen LogP contribution in [0.15, 0.2) is 97.2 Å². The summed E-state index contributed by atoms with van der Waals surface area (Å²) in [6, 6.07) is 0. The van der Waals surface area contributed by atoms with E-state index in [0.29, 0.717) is 12.8 Å². The molecule has 0 aromatic carbocycles. The lowest BCUT2D eigenvalue weighted by atomic mass is 10.0. The Morgan fingerprint density at radius 1 is 0.286 bits per heavy atom. The number of allylic oxidation sites excluding steroid dienone is 16. The molecule has 1 N–H and O–H groups in total. The Morgan fingerprint density at radius 3 is 0.774 bits per heavy atom. The van der Waals surface area contributed by atoms with E-state index in [1.165, 1.54) is 263 Å². The van der Waals surface area contributed by atoms with E-state index in [2.05, 4.69) is 111 Å². The van der Waals surface area contributed by atoms with Gasteiger partial charge < -0.3 is 14.6 Å². The summed E-state index contributed by atoms with van der Waals surface area (Å²) in [4.78, 5) is 24.7. The summed E-state index contributed by atoms with van der Waals surface area (Å²) in [5, 5.41) is 9.71. The fraction of sp³-hybridized carbons (Fsp3) is 0.772. The molecule has 0 spiro atoms. The summed E-state index contributed by atoms with van der Waals surface area (Å²) >= 11 is 0. The second-order valence-corrected chi connectivity index (χ2v) is 24.6. The van der Waals surface area contributed by atoms with E-state index in [1.807, 2.05) is 0 Å². The van der Waals surface area contributed by atoms with Crippen molar-refractivity contribution in [3.63, 3.8) is 0 Å². The molecule has 1 unspecified atom stereocenters. The van der Waals surface area contributed by atoms with Gasteiger partial charge in [0.2, 0.25) is 0 Å². The number of ether oxygens (including phenoxy) is 2. The highest BCUT2D eigenvalue weighted by Crippen LogP contribution is 2.18. The third kappa shape index (κ3) is 71.3. The molecule has 0 rings (SSSR count). The lowest BCUT2D eigenvalue weighted by molar-refractivity contribution is -0.161. The molecule has 1 atom stereocenters. The highest BCUT2D eigenvalue weighted by atomic mass is 16.6. The van der Waals surface area contributed by atoms with Crippen LogP contribution >= 0.6 is 0 Å². The third-order valence-corrected chi connectivity index (χ3v) is 16.4. The Morgan fingerprint density at radius 2 is 0.512 bits per heavy atom. The second-order valence-electron chi connectivity index (χ2n) is 24.6. The maximum atomic E-state index is 12.4. The lowest BCUT2D eigenvalue weighted by Gasteiger charge is -2.15. The van der Waals surface area contributed by atoms with Crippen LogP contribution in [0.5, 0.6) is 0 Å². The molecule has 486 valence electrons. The smallest absolute Gasteiger partial charge is 0.306 e. The molecule has 0 saturated heterocycles. The zero-order chi connectivity index (χ0) is 60.5. The van der Waals surface area contributed by atoms with E-state index in [0.717, 1.165) is 83.5 Å². The molecule has 0 aliphatic carbocycles. The van der Waals surface area contributed by atoms with Crippen LogP contribution in [0.1, 0.15) is 373 Å². The van der Waals surface area contributed by atoms with Crippen molar-refractivity contribution >= 4 is 11.9 Å². The summed E-state index contributed by atoms with van der Waals surface area (Å²) < 4.78 is 10.8. The van der Waals surface area contributed by atoms with E-state index in [1.54, 1.807) is 0 Å². The number of rotatable bonds is 68. The zero-order valence-electron chi connectivity index (χ0n) is 55.9. The van der Waals surface area contributed by atoms with Crippen molar-refractivity contribution in [1.82, 2.24) is 0 Å². The van der Waals surface area contributed by atoms with Gasteiger partial charge in [-0.3, -0.25) is 9.59 Å². The molecule has 0 aromatic heterocycles. The van der Waals surface area contributed by atoms with Crippen LogP contribution in [0.4, 0.5) is 0 Å². The molecule has 0 aromatic rings. The van der Waals surface area contributed by atoms with Crippen LogP contribution in [0.2, 0.25) is 0 Å². The second kappa shape index (κ2) is 74.1. The van der Waals surface area contributed by atoms with Gasteiger partial charge >= 0.3 is 11.9 Å². The van der Waals surface area contributed by atoms with Gasteiger partial charge in [0.05, 0.1) is 6.61 Å². The maximum Gasteiger partial charge on any atom is 0.306 e. The number of hydrogen-bond acceptors (Lipinski definition) is 5. The van der Waals surface area contributed by atoms with Gasteiger partial charge in [-0.2, -0.15) is 0 Å². The molecule has 0 aliphatic rings. The van der Waals surface area contributed by atoms with Crippen LogP contribution in [0.3, 0.4) is 0 Å². The molecular formula is C79H140O5. The first-order valence-electron chi connectivity index (χ1n) is 36.8. The molecule has 0 radical (unpaired) electrons. The predicted octanol–water partition coefficient (Wildman–Crippen LogP) is 25.8. The van der Waals surface area contributed by atoms with Crippen LogP contribution < -0.4 is 0 Å². The lowest BCUT2D eigenvalue weighted by Crippen LogP contribution is -2.28. The number of esters is 2. The maximum absolute atomic E-state index is 12.4. The van der Waals surface area contributed by atoms with Gasteiger partial charge in [0, 0.05) is 12.8 Å². The summed E-state index contributed by atoms with van der Waals surface area (Å²) in [6.07, 6.45) is 106. The molecule has 0 fully saturated rings. The van der Waals surface area contributed by atoms with Crippen LogP contribution in [-0.4, -0.2) is 36.4 Å². The van der Waals surface area contributed by atoms with Crippen LogP contribution in [-0.2, 0) is 19.1 Å². The van der Waals surface area contributed by atoms with Gasteiger partial charge in [-0.25, -0.2) is 0 Å². The van der Waals surface area contributed by atoms with Crippen molar-refractivity contribution in [2.75, 3.05) is 13.2 Å². The number of aliphatic hydroxyl groups excluding tert-OH is 1. The standard InChI is InChI=1S/C79H140O5/c1-3-5-7-9-11-13-15-17-19-21-23-25-27-29-31-33-35-36-37-38-39-40-41-42-44-45-47-49-51-53-55-57-59-61-63-65-67-69-71-73-78(81)83-76-77(75-80)84-79(82)74-72-70-68-66-64-62-60-58-56-54-52-50-48-46-43-34-32-30-28-26-24-22-20-18-16-14-12-10-8-6-4-2/h6,8,12,14-15,17-18,20-21,23-24,26,30,32,43,46,77,80H,3-5,7,9-11,13,16,19,22,25,27-29,31,33-42,44-45,47-76H2,1-2H3/b8-6-,14-12-,17-15-,20-18-,23-21-,26-24-,32-30-,46-43-. The van der Waals surface area contributed by atoms with Crippen molar-refractivity contribution in [3.05, 3.63) is 97.2 Å². The number of aliphatic hydroxyl groups is 1. The van der Waals surface area contributed by atoms with Gasteiger partial charge in [0.15, 0.2) is 6.10 Å². The molecule has 84 heavy (non-hydrogen) atoms. The van der Waals surface area contributed by atoms with Gasteiger partial charge in [-0.1, -0.05) is 361 Å². The molecule has 0 bridgehead atoms. The first kappa shape index (κ1) is 80.8. The summed E-state index contributed by atoms with van der Waals surface area (Å²) in [5.41, 5.74) is 0. The topological polar surface area (TPSA) is 72.8 Å². The van der Waals surface area contributed by atoms with Crippen LogP contribution in [0.25, 0.3) is 0 Å². The van der Waals surface area contributed by atoms with Gasteiger partial charge in [-0.05, 0) is 96.3 Å². The average Bonchev–Trinajstić information content (AvgIpc) is 3.51. The van der Waals surface area contributed by atoms with Gasteiger partial charge in [0.25, 0.3) is 0 Å². The highest BCUT2D eigenvalue weighted by molar-refractivity contribution is 5.70. The number of hydrogen-bond donors (Lipinski definition) is 1. The van der Waals surface area contributed by atoms with E-state index >= 15 is 0 Å². The Labute approximate surface area is 523 Å². The summed E-state index contributed by atoms with van der Waals surface area (Å²) in [5.74, 6) is -0.579. The van der Waals surface area contributed by atoms with Crippen molar-refractivity contribution in [1.29, 1.82) is 0 Å². The van der Waals surface area contributed by atoms with Crippen LogP contribution in [0, 0.1) is 0 Å². The van der Waals surface area contributed by atoms with Gasteiger partial charge in [-0.15, -0.1) is 0 Å². The monoisotopic (exact) mass is 1170 g/mol. The zero-order valence-corrected chi connectivity index (χ0v) is 55.9. The number of unbranched alkanes of at least 4 members (excludes halogenated alkanes) is 44. The first-order valence-corrected chi connectivity index (χ1v) is 36.8. The Kier molecular flexibility index (Phi) is 71.3. The molecule has 5 heteroatoms. The SMILES string of the molecule is CC/C=C\C/C=C\C/C=C\C/C=C\C/C=C\C/C=C\CCCCCCCCCCCCCCC(=O)OC(CO)COC(=O)CCCCCCCCCCCCCCCCCCCCCCCCCCCCC/C=C\C/C=C\CCCCCCC.